The van der Waals surface area contributed by atoms with E-state index in [1.807, 2.05) is 61.5 Å². The summed E-state index contributed by atoms with van der Waals surface area (Å²) in [4.78, 5) is 51.5. The van der Waals surface area contributed by atoms with Gasteiger partial charge < -0.3 is 19.4 Å². The number of hydrogen-bond acceptors (Lipinski definition) is 7. The lowest BCUT2D eigenvalue weighted by Gasteiger charge is -2.30. The van der Waals surface area contributed by atoms with Gasteiger partial charge in [-0.25, -0.2) is 28.1 Å². The fourth-order valence-corrected chi connectivity index (χ4v) is 6.46. The maximum atomic E-state index is 14.5. The first-order valence-electron chi connectivity index (χ1n) is 16.4. The molecule has 1 amide bonds. The van der Waals surface area contributed by atoms with E-state index >= 15 is 0 Å². The van der Waals surface area contributed by atoms with E-state index in [-0.39, 0.29) is 22.8 Å². The number of fused-ring (bicyclic) bond motifs is 2. The van der Waals surface area contributed by atoms with Crippen molar-refractivity contribution in [3.63, 3.8) is 0 Å². The number of hydrogen-bond donors (Lipinski definition) is 1. The van der Waals surface area contributed by atoms with E-state index in [9.17, 15) is 23.2 Å². The van der Waals surface area contributed by atoms with Crippen molar-refractivity contribution < 1.29 is 18.3 Å². The molecule has 256 valence electrons. The minimum atomic E-state index is -0.686. The van der Waals surface area contributed by atoms with Gasteiger partial charge in [-0.2, -0.15) is 0 Å². The molecule has 50 heavy (non-hydrogen) atoms. The molecular formula is C37H35F2N7O4. The Morgan fingerprint density at radius 1 is 0.940 bits per heavy atom. The molecule has 0 aliphatic heterocycles. The number of pyridine rings is 2. The number of amides is 1. The van der Waals surface area contributed by atoms with E-state index in [0.29, 0.717) is 43.6 Å². The molecule has 1 saturated carbocycles. The molecule has 0 atom stereocenters. The lowest BCUT2D eigenvalue weighted by molar-refractivity contribution is 0.0917. The van der Waals surface area contributed by atoms with Gasteiger partial charge in [0.15, 0.2) is 5.65 Å². The SMILES string of the molecule is CN(C)CCOc1ccc(-c2cccc(-n3c(=O)n([C@H]4CC[C@@H](NC(=O)c5cn6cc(F)ccc6n5)CC4)c(=O)c4cc(F)cnc43)c2)cc1. The monoisotopic (exact) mass is 679 g/mol. The van der Waals surface area contributed by atoms with E-state index in [1.165, 1.54) is 38.1 Å². The molecule has 6 aromatic rings. The van der Waals surface area contributed by atoms with Crippen LogP contribution in [0.1, 0.15) is 42.2 Å². The van der Waals surface area contributed by atoms with Crippen LogP contribution >= 0.6 is 0 Å². The number of benzene rings is 2. The molecule has 0 unspecified atom stereocenters. The summed E-state index contributed by atoms with van der Waals surface area (Å²) in [5, 5.41) is 2.97. The van der Waals surface area contributed by atoms with Crippen molar-refractivity contribution in [2.45, 2.75) is 37.8 Å². The van der Waals surface area contributed by atoms with Gasteiger partial charge in [-0.15, -0.1) is 0 Å². The van der Waals surface area contributed by atoms with Crippen LogP contribution in [0.2, 0.25) is 0 Å². The summed E-state index contributed by atoms with van der Waals surface area (Å²) >= 11 is 0. The van der Waals surface area contributed by atoms with Crippen LogP contribution in [-0.4, -0.2) is 67.6 Å². The Kier molecular flexibility index (Phi) is 8.98. The van der Waals surface area contributed by atoms with Crippen LogP contribution in [-0.2, 0) is 0 Å². The summed E-state index contributed by atoms with van der Waals surface area (Å²) in [6.45, 7) is 1.35. The van der Waals surface area contributed by atoms with Crippen molar-refractivity contribution in [2.75, 3.05) is 27.2 Å². The van der Waals surface area contributed by atoms with Gasteiger partial charge in [0.2, 0.25) is 0 Å². The van der Waals surface area contributed by atoms with E-state index in [4.69, 9.17) is 4.74 Å². The summed E-state index contributed by atoms with van der Waals surface area (Å²) < 4.78 is 37.9. The molecule has 11 nitrogen and oxygen atoms in total. The van der Waals surface area contributed by atoms with Crippen LogP contribution in [0, 0.1) is 11.6 Å². The first-order valence-corrected chi connectivity index (χ1v) is 16.4. The van der Waals surface area contributed by atoms with Crippen LogP contribution in [0.25, 0.3) is 33.5 Å². The van der Waals surface area contributed by atoms with Gasteiger partial charge in [0, 0.05) is 31.0 Å². The van der Waals surface area contributed by atoms with Crippen LogP contribution in [0.5, 0.6) is 5.75 Å². The number of halogens is 2. The van der Waals surface area contributed by atoms with E-state index in [0.717, 1.165) is 35.7 Å². The molecule has 1 N–H and O–H groups in total. The van der Waals surface area contributed by atoms with Gasteiger partial charge in [-0.3, -0.25) is 14.2 Å². The molecule has 4 aromatic heterocycles. The van der Waals surface area contributed by atoms with E-state index in [2.05, 4.69) is 15.3 Å². The second-order valence-electron chi connectivity index (χ2n) is 12.8. The number of carbonyl (C=O) groups is 1. The third kappa shape index (κ3) is 6.64. The summed E-state index contributed by atoms with van der Waals surface area (Å²) in [7, 11) is 3.96. The van der Waals surface area contributed by atoms with Crippen molar-refractivity contribution in [2.24, 2.45) is 0 Å². The number of imidazole rings is 1. The zero-order valence-corrected chi connectivity index (χ0v) is 27.6. The first-order chi connectivity index (χ1) is 24.1. The molecule has 0 saturated heterocycles. The summed E-state index contributed by atoms with van der Waals surface area (Å²) in [5.74, 6) is -0.778. The minimum Gasteiger partial charge on any atom is -0.492 e. The lowest BCUT2D eigenvalue weighted by Crippen LogP contribution is -2.45. The van der Waals surface area contributed by atoms with Crippen molar-refractivity contribution in [1.29, 1.82) is 0 Å². The number of likely N-dealkylation sites (N-methyl/N-ethyl adjacent to an activating group) is 1. The number of carbonyl (C=O) groups excluding carboxylic acids is 1. The Balaban J connectivity index is 1.15. The molecule has 1 fully saturated rings. The Labute approximate surface area is 285 Å². The number of rotatable bonds is 9. The van der Waals surface area contributed by atoms with E-state index in [1.54, 1.807) is 6.07 Å². The predicted octanol–water partition coefficient (Wildman–Crippen LogP) is 4.99. The third-order valence-corrected chi connectivity index (χ3v) is 9.04. The van der Waals surface area contributed by atoms with Crippen molar-refractivity contribution in [1.82, 2.24) is 33.7 Å². The van der Waals surface area contributed by atoms with Gasteiger partial charge in [-0.05, 0) is 93.4 Å². The molecule has 1 aliphatic carbocycles. The average molecular weight is 680 g/mol. The zero-order chi connectivity index (χ0) is 34.9. The number of nitrogens with one attached hydrogen (secondary N) is 1. The molecular weight excluding hydrogens is 644 g/mol. The predicted molar refractivity (Wildman–Crippen MR) is 185 cm³/mol. The molecule has 0 bridgehead atoms. The number of nitrogens with zero attached hydrogens (tertiary/aromatic N) is 6. The Hall–Kier alpha value is -5.69. The highest BCUT2D eigenvalue weighted by Gasteiger charge is 2.28. The largest absolute Gasteiger partial charge is 0.492 e. The number of ether oxygens (including phenoxy) is 1. The van der Waals surface area contributed by atoms with Crippen LogP contribution in [0.3, 0.4) is 0 Å². The fourth-order valence-electron chi connectivity index (χ4n) is 6.46. The van der Waals surface area contributed by atoms with Crippen molar-refractivity contribution >= 4 is 22.6 Å². The Bertz CT molecular complexity index is 2320. The second kappa shape index (κ2) is 13.7. The van der Waals surface area contributed by atoms with Crippen molar-refractivity contribution in [3.8, 4) is 22.6 Å². The van der Waals surface area contributed by atoms with Gasteiger partial charge in [-0.1, -0.05) is 24.3 Å². The zero-order valence-electron chi connectivity index (χ0n) is 27.6. The maximum Gasteiger partial charge on any atom is 0.337 e. The fraction of sp³-hybridized carbons (Fsp3) is 0.270. The topological polar surface area (TPSA) is 116 Å². The first kappa shape index (κ1) is 32.8. The normalized spacial score (nSPS) is 16.3. The van der Waals surface area contributed by atoms with Crippen molar-refractivity contribution in [3.05, 3.63) is 123 Å². The highest BCUT2D eigenvalue weighted by Crippen LogP contribution is 2.29. The third-order valence-electron chi connectivity index (χ3n) is 9.04. The summed E-state index contributed by atoms with van der Waals surface area (Å²) in [5.41, 5.74) is 1.68. The van der Waals surface area contributed by atoms with Crippen LogP contribution < -0.4 is 21.3 Å². The van der Waals surface area contributed by atoms with Gasteiger partial charge >= 0.3 is 5.69 Å². The number of aromatic nitrogens is 5. The highest BCUT2D eigenvalue weighted by molar-refractivity contribution is 5.93. The molecule has 2 aromatic carbocycles. The maximum absolute atomic E-state index is 14.5. The molecule has 13 heteroatoms. The highest BCUT2D eigenvalue weighted by atomic mass is 19.1. The standard InChI is InChI=1S/C37H35F2N7O4/c1-43(2)16-17-50-30-13-6-23(7-14-30)24-4-3-5-29(18-24)45-34-31(19-26(39)20-40-34)36(48)46(37(45)49)28-11-9-27(10-12-28)41-35(47)32-22-44-21-25(38)8-15-33(44)42-32/h3-8,13-15,18-22,27-28H,9-12,16-17H2,1-2H3,(H,41,47)/t27-,28+. The molecule has 7 rings (SSSR count). The smallest absolute Gasteiger partial charge is 0.337 e. The summed E-state index contributed by atoms with van der Waals surface area (Å²) in [6.07, 6.45) is 5.55. The van der Waals surface area contributed by atoms with Gasteiger partial charge in [0.05, 0.1) is 17.3 Å². The Morgan fingerprint density at radius 3 is 2.48 bits per heavy atom. The molecule has 0 radical (unpaired) electrons. The van der Waals surface area contributed by atoms with Gasteiger partial charge in [0.1, 0.15) is 35.3 Å². The minimum absolute atomic E-state index is 0.00654. The van der Waals surface area contributed by atoms with Gasteiger partial charge in [0.25, 0.3) is 11.5 Å². The van der Waals surface area contributed by atoms with Crippen LogP contribution in [0.4, 0.5) is 8.78 Å². The molecule has 4 heterocycles. The lowest BCUT2D eigenvalue weighted by atomic mass is 9.90. The quantitative estimate of drug-likeness (QED) is 0.229. The molecule has 0 spiro atoms. The molecule has 1 aliphatic rings. The Morgan fingerprint density at radius 2 is 1.72 bits per heavy atom. The van der Waals surface area contributed by atoms with Crippen LogP contribution in [0.15, 0.2) is 94.9 Å². The summed E-state index contributed by atoms with van der Waals surface area (Å²) in [6, 6.07) is 18.1. The second-order valence-corrected chi connectivity index (χ2v) is 12.8. The van der Waals surface area contributed by atoms with E-state index < -0.39 is 34.8 Å². The average Bonchev–Trinajstić information content (AvgIpc) is 3.53.